The Hall–Kier alpha value is -1.59. The van der Waals surface area contributed by atoms with Crippen molar-refractivity contribution in [1.29, 1.82) is 0 Å². The summed E-state index contributed by atoms with van der Waals surface area (Å²) in [7, 11) is 0. The quantitative estimate of drug-likeness (QED) is 0.0576. The molecule has 0 saturated heterocycles. The summed E-state index contributed by atoms with van der Waals surface area (Å²) in [6, 6.07) is 0. The van der Waals surface area contributed by atoms with E-state index in [4.69, 9.17) is 15.3 Å². The van der Waals surface area contributed by atoms with Gasteiger partial charge in [0.2, 0.25) is 0 Å². The second-order valence-corrected chi connectivity index (χ2v) is 14.0. The molecule has 3 N–H and O–H groups in total. The Labute approximate surface area is 306 Å². The van der Waals surface area contributed by atoms with E-state index in [9.17, 15) is 14.4 Å². The van der Waals surface area contributed by atoms with E-state index in [1.54, 1.807) is 0 Å². The van der Waals surface area contributed by atoms with E-state index in [1.165, 1.54) is 167 Å². The van der Waals surface area contributed by atoms with Crippen LogP contribution in [0.3, 0.4) is 0 Å². The minimum atomic E-state index is -0.659. The Morgan fingerprint density at radius 1 is 0.245 bits per heavy atom. The Kier molecular flexibility index (Phi) is 58.8. The van der Waals surface area contributed by atoms with Gasteiger partial charge >= 0.3 is 17.9 Å². The highest BCUT2D eigenvalue weighted by Crippen LogP contribution is 2.12. The molecule has 0 rings (SSSR count). The van der Waals surface area contributed by atoms with Crippen molar-refractivity contribution in [2.75, 3.05) is 0 Å². The molecule has 296 valence electrons. The predicted molar refractivity (Wildman–Crippen MR) is 213 cm³/mol. The first kappa shape index (κ1) is 54.2. The highest BCUT2D eigenvalue weighted by molar-refractivity contribution is 5.67. The maximum absolute atomic E-state index is 10.2. The van der Waals surface area contributed by atoms with Crippen molar-refractivity contribution in [2.24, 2.45) is 0 Å². The summed E-state index contributed by atoms with van der Waals surface area (Å²) < 4.78 is 0. The zero-order valence-electron chi connectivity index (χ0n) is 33.8. The van der Waals surface area contributed by atoms with Crippen molar-refractivity contribution in [3.05, 3.63) is 0 Å². The molecule has 0 fully saturated rings. The lowest BCUT2D eigenvalue weighted by Crippen LogP contribution is -1.93. The number of hydrogen-bond acceptors (Lipinski definition) is 3. The van der Waals surface area contributed by atoms with Gasteiger partial charge in [0.25, 0.3) is 0 Å². The minimum absolute atomic E-state index is 0.343. The fourth-order valence-electron chi connectivity index (χ4n) is 5.44. The fraction of sp³-hybridized carbons (Fsp3) is 0.930. The standard InChI is InChI=1S/3C12H24O2.C7H16/c3*1-2-3-4-5-6-7-8-9-10-11-12(13)14;1-3-5-7-6-4-2/h3*2-11H2,1H3,(H,13,14);3-7H2,1-2H3. The van der Waals surface area contributed by atoms with Gasteiger partial charge in [-0.3, -0.25) is 14.4 Å². The average Bonchev–Trinajstić information content (AvgIpc) is 3.07. The van der Waals surface area contributed by atoms with Gasteiger partial charge in [-0.05, 0) is 19.3 Å². The van der Waals surface area contributed by atoms with Gasteiger partial charge < -0.3 is 15.3 Å². The number of carboxylic acid groups (broad SMARTS) is 3. The lowest BCUT2D eigenvalue weighted by atomic mass is 10.1. The molecule has 6 heteroatoms. The largest absolute Gasteiger partial charge is 0.481 e. The van der Waals surface area contributed by atoms with Crippen LogP contribution in [0.2, 0.25) is 0 Å². The molecule has 0 bridgehead atoms. The van der Waals surface area contributed by atoms with E-state index < -0.39 is 17.9 Å². The Morgan fingerprint density at radius 2 is 0.367 bits per heavy atom. The molecule has 0 atom stereocenters. The smallest absolute Gasteiger partial charge is 0.303 e. The highest BCUT2D eigenvalue weighted by Gasteiger charge is 1.98. The third-order valence-electron chi connectivity index (χ3n) is 8.69. The number of hydrogen-bond donors (Lipinski definition) is 3. The first-order valence-electron chi connectivity index (χ1n) is 21.4. The molecule has 6 nitrogen and oxygen atoms in total. The second-order valence-electron chi connectivity index (χ2n) is 14.0. The van der Waals surface area contributed by atoms with Crippen LogP contribution in [-0.2, 0) is 14.4 Å². The molecule has 0 aromatic carbocycles. The van der Waals surface area contributed by atoms with Gasteiger partial charge in [-0.25, -0.2) is 0 Å². The predicted octanol–water partition coefficient (Wildman–Crippen LogP) is 15.0. The van der Waals surface area contributed by atoms with E-state index in [2.05, 4.69) is 34.6 Å². The molecular formula is C43H88O6. The van der Waals surface area contributed by atoms with Gasteiger partial charge in [0.15, 0.2) is 0 Å². The van der Waals surface area contributed by atoms with Gasteiger partial charge in [0.1, 0.15) is 0 Å². The number of carbonyl (C=O) groups is 3. The van der Waals surface area contributed by atoms with Crippen LogP contribution in [0.4, 0.5) is 0 Å². The molecule has 0 aliphatic rings. The van der Waals surface area contributed by atoms with E-state index in [-0.39, 0.29) is 0 Å². The lowest BCUT2D eigenvalue weighted by Gasteiger charge is -2.00. The van der Waals surface area contributed by atoms with Crippen LogP contribution in [0.1, 0.15) is 259 Å². The van der Waals surface area contributed by atoms with Gasteiger partial charge in [-0.2, -0.15) is 0 Å². The first-order valence-corrected chi connectivity index (χ1v) is 21.4. The fourth-order valence-corrected chi connectivity index (χ4v) is 5.44. The zero-order valence-corrected chi connectivity index (χ0v) is 33.8. The Morgan fingerprint density at radius 3 is 0.510 bits per heavy atom. The molecule has 0 aliphatic carbocycles. The molecule has 0 aromatic heterocycles. The second kappa shape index (κ2) is 53.2. The number of unbranched alkanes of at least 4 members (excludes halogenated alkanes) is 28. The van der Waals surface area contributed by atoms with E-state index in [0.29, 0.717) is 19.3 Å². The number of aliphatic carboxylic acids is 3. The van der Waals surface area contributed by atoms with Crippen LogP contribution >= 0.6 is 0 Å². The maximum atomic E-state index is 10.2. The molecule has 0 radical (unpaired) electrons. The van der Waals surface area contributed by atoms with Crippen molar-refractivity contribution in [3.8, 4) is 0 Å². The summed E-state index contributed by atoms with van der Waals surface area (Å²) in [5.74, 6) is -1.98. The average molecular weight is 701 g/mol. The zero-order chi connectivity index (χ0) is 37.5. The maximum Gasteiger partial charge on any atom is 0.303 e. The lowest BCUT2D eigenvalue weighted by molar-refractivity contribution is -0.138. The van der Waals surface area contributed by atoms with Crippen molar-refractivity contribution >= 4 is 17.9 Å². The van der Waals surface area contributed by atoms with Gasteiger partial charge in [0.05, 0.1) is 0 Å². The summed E-state index contributed by atoms with van der Waals surface area (Å²) in [6.45, 7) is 11.2. The van der Waals surface area contributed by atoms with Gasteiger partial charge in [-0.15, -0.1) is 0 Å². The van der Waals surface area contributed by atoms with Crippen LogP contribution in [0, 0.1) is 0 Å². The summed E-state index contributed by atoms with van der Waals surface area (Å²) >= 11 is 0. The molecular weight excluding hydrogens is 612 g/mol. The van der Waals surface area contributed by atoms with Crippen LogP contribution in [0.25, 0.3) is 0 Å². The number of carboxylic acids is 3. The molecule has 49 heavy (non-hydrogen) atoms. The summed E-state index contributed by atoms with van der Waals surface area (Å²) in [5.41, 5.74) is 0. The van der Waals surface area contributed by atoms with Crippen molar-refractivity contribution in [2.45, 2.75) is 259 Å². The van der Waals surface area contributed by atoms with Crippen LogP contribution in [-0.4, -0.2) is 33.2 Å². The van der Waals surface area contributed by atoms with E-state index in [0.717, 1.165) is 38.5 Å². The summed E-state index contributed by atoms with van der Waals surface area (Å²) in [6.07, 6.45) is 41.4. The van der Waals surface area contributed by atoms with Crippen molar-refractivity contribution in [1.82, 2.24) is 0 Å². The van der Waals surface area contributed by atoms with E-state index >= 15 is 0 Å². The highest BCUT2D eigenvalue weighted by atomic mass is 16.4. The molecule has 0 amide bonds. The normalized spacial score (nSPS) is 10.2. The molecule has 0 spiro atoms. The molecule has 0 heterocycles. The Balaban J connectivity index is -0.000000283. The topological polar surface area (TPSA) is 112 Å². The summed E-state index contributed by atoms with van der Waals surface area (Å²) in [4.78, 5) is 30.6. The van der Waals surface area contributed by atoms with E-state index in [1.807, 2.05) is 0 Å². The SMILES string of the molecule is CCCCCCC.CCCCCCCCCCCC(=O)O.CCCCCCCCCCCC(=O)O.CCCCCCCCCCCC(=O)O. The van der Waals surface area contributed by atoms with Crippen molar-refractivity contribution in [3.63, 3.8) is 0 Å². The minimum Gasteiger partial charge on any atom is -0.481 e. The van der Waals surface area contributed by atoms with Crippen LogP contribution in [0.5, 0.6) is 0 Å². The molecule has 0 unspecified atom stereocenters. The summed E-state index contributed by atoms with van der Waals surface area (Å²) in [5, 5.41) is 25.2. The molecule has 0 aromatic rings. The monoisotopic (exact) mass is 701 g/mol. The van der Waals surface area contributed by atoms with Crippen LogP contribution in [0.15, 0.2) is 0 Å². The van der Waals surface area contributed by atoms with Gasteiger partial charge in [-0.1, -0.05) is 221 Å². The Bertz CT molecular complexity index is 541. The van der Waals surface area contributed by atoms with Crippen molar-refractivity contribution < 1.29 is 29.7 Å². The van der Waals surface area contributed by atoms with Gasteiger partial charge in [0, 0.05) is 19.3 Å². The number of rotatable bonds is 34. The first-order chi connectivity index (χ1) is 23.7. The van der Waals surface area contributed by atoms with Crippen LogP contribution < -0.4 is 0 Å². The molecule has 0 saturated carbocycles. The third-order valence-corrected chi connectivity index (χ3v) is 8.69. The molecule has 0 aliphatic heterocycles. The third kappa shape index (κ3) is 73.0.